The Morgan fingerprint density at radius 2 is 1.88 bits per heavy atom. The number of carbonyl (C=O) groups is 1. The van der Waals surface area contributed by atoms with Gasteiger partial charge in [0.1, 0.15) is 11.2 Å². The summed E-state index contributed by atoms with van der Waals surface area (Å²) in [6, 6.07) is 13.9. The van der Waals surface area contributed by atoms with Crippen LogP contribution in [0.2, 0.25) is 0 Å². The number of anilines is 1. The van der Waals surface area contributed by atoms with E-state index in [9.17, 15) is 4.79 Å². The van der Waals surface area contributed by atoms with Gasteiger partial charge in [0.15, 0.2) is 0 Å². The number of likely N-dealkylation sites (tertiary alicyclic amines) is 1. The van der Waals surface area contributed by atoms with Crippen molar-refractivity contribution in [3.8, 4) is 11.1 Å². The SMILES string of the molecule is CC1CCCCC1N1CC2(C1)C(=O)N(Cc1ccc(-c3cnn(C)c3)cc1F)c1ccccc12. The summed E-state index contributed by atoms with van der Waals surface area (Å²) in [4.78, 5) is 18.2. The van der Waals surface area contributed by atoms with Crippen LogP contribution in [-0.4, -0.2) is 39.7 Å². The highest BCUT2D eigenvalue weighted by Gasteiger charge is 2.59. The highest BCUT2D eigenvalue weighted by atomic mass is 19.1. The van der Waals surface area contributed by atoms with Gasteiger partial charge in [-0.05, 0) is 42.0 Å². The molecule has 3 heterocycles. The summed E-state index contributed by atoms with van der Waals surface area (Å²) in [5.74, 6) is 0.504. The molecule has 1 aromatic heterocycles. The fourth-order valence-electron chi connectivity index (χ4n) is 6.38. The molecule has 1 saturated carbocycles. The maximum atomic E-state index is 15.2. The lowest BCUT2D eigenvalue weighted by molar-refractivity contribution is -0.132. The van der Waals surface area contributed by atoms with Crippen molar-refractivity contribution in [1.29, 1.82) is 0 Å². The molecule has 2 unspecified atom stereocenters. The van der Waals surface area contributed by atoms with Crippen LogP contribution in [0.5, 0.6) is 0 Å². The van der Waals surface area contributed by atoms with E-state index in [0.29, 0.717) is 17.5 Å². The van der Waals surface area contributed by atoms with Crippen LogP contribution in [0.1, 0.15) is 43.7 Å². The Morgan fingerprint density at radius 3 is 2.62 bits per heavy atom. The second-order valence-corrected chi connectivity index (χ2v) is 10.4. The zero-order valence-electron chi connectivity index (χ0n) is 19.9. The first-order chi connectivity index (χ1) is 16.5. The van der Waals surface area contributed by atoms with Crippen LogP contribution in [0.4, 0.5) is 10.1 Å². The minimum absolute atomic E-state index is 0.115. The molecular weight excluding hydrogens is 427 g/mol. The van der Waals surface area contributed by atoms with Gasteiger partial charge in [0.2, 0.25) is 5.91 Å². The van der Waals surface area contributed by atoms with Crippen LogP contribution in [0.3, 0.4) is 0 Å². The van der Waals surface area contributed by atoms with E-state index in [-0.39, 0.29) is 18.3 Å². The quantitative estimate of drug-likeness (QED) is 0.558. The number of hydrogen-bond donors (Lipinski definition) is 0. The molecule has 2 aliphatic heterocycles. The normalized spacial score (nSPS) is 23.9. The molecule has 5 nitrogen and oxygen atoms in total. The number of benzene rings is 2. The summed E-state index contributed by atoms with van der Waals surface area (Å²) in [7, 11) is 1.84. The van der Waals surface area contributed by atoms with Crippen molar-refractivity contribution < 1.29 is 9.18 Å². The zero-order chi connectivity index (χ0) is 23.4. The minimum Gasteiger partial charge on any atom is -0.307 e. The molecule has 0 radical (unpaired) electrons. The molecule has 1 amide bonds. The molecule has 3 aliphatic rings. The van der Waals surface area contributed by atoms with E-state index in [2.05, 4.69) is 23.0 Å². The van der Waals surface area contributed by atoms with E-state index in [4.69, 9.17) is 0 Å². The fourth-order valence-corrected chi connectivity index (χ4v) is 6.38. The predicted molar refractivity (Wildman–Crippen MR) is 131 cm³/mol. The Kier molecular flexibility index (Phi) is 5.10. The molecule has 2 aromatic carbocycles. The molecule has 1 saturated heterocycles. The van der Waals surface area contributed by atoms with Gasteiger partial charge in [-0.15, -0.1) is 0 Å². The Balaban J connectivity index is 1.26. The van der Waals surface area contributed by atoms with E-state index in [1.165, 1.54) is 25.7 Å². The molecule has 2 atom stereocenters. The van der Waals surface area contributed by atoms with Crippen molar-refractivity contribution in [2.24, 2.45) is 13.0 Å². The van der Waals surface area contributed by atoms with Crippen molar-refractivity contribution in [3.63, 3.8) is 0 Å². The number of amides is 1. The van der Waals surface area contributed by atoms with E-state index in [0.717, 1.165) is 35.5 Å². The summed E-state index contributed by atoms with van der Waals surface area (Å²) in [5, 5.41) is 4.18. The number of nitrogens with zero attached hydrogens (tertiary/aromatic N) is 4. The number of aryl methyl sites for hydroxylation is 1. The first kappa shape index (κ1) is 21.5. The van der Waals surface area contributed by atoms with E-state index in [1.54, 1.807) is 27.9 Å². The van der Waals surface area contributed by atoms with Gasteiger partial charge in [0, 0.05) is 49.2 Å². The molecule has 176 valence electrons. The number of halogens is 1. The van der Waals surface area contributed by atoms with E-state index >= 15 is 4.39 Å². The number of para-hydroxylation sites is 1. The Morgan fingerprint density at radius 1 is 1.09 bits per heavy atom. The van der Waals surface area contributed by atoms with Crippen LogP contribution >= 0.6 is 0 Å². The predicted octanol–water partition coefficient (Wildman–Crippen LogP) is 4.91. The number of hydrogen-bond acceptors (Lipinski definition) is 3. The lowest BCUT2D eigenvalue weighted by Crippen LogP contribution is -2.67. The number of fused-ring (bicyclic) bond motifs is 2. The molecule has 3 aromatic rings. The van der Waals surface area contributed by atoms with Gasteiger partial charge in [-0.3, -0.25) is 14.4 Å². The first-order valence-electron chi connectivity index (χ1n) is 12.4. The van der Waals surface area contributed by atoms with Crippen LogP contribution in [0.25, 0.3) is 11.1 Å². The average molecular weight is 459 g/mol. The maximum absolute atomic E-state index is 15.2. The molecular formula is C28H31FN4O. The van der Waals surface area contributed by atoms with Crippen molar-refractivity contribution in [2.75, 3.05) is 18.0 Å². The van der Waals surface area contributed by atoms with Crippen molar-refractivity contribution >= 4 is 11.6 Å². The lowest BCUT2D eigenvalue weighted by Gasteiger charge is -2.53. The highest BCUT2D eigenvalue weighted by Crippen LogP contribution is 2.49. The summed E-state index contributed by atoms with van der Waals surface area (Å²) in [5.41, 5.74) is 3.74. The van der Waals surface area contributed by atoms with E-state index in [1.807, 2.05) is 37.5 Å². The smallest absolute Gasteiger partial charge is 0.240 e. The standard InChI is InChI=1S/C28H31FN4O/c1-19-7-3-5-9-25(19)32-17-28(18-32)23-8-4-6-10-26(23)33(27(28)34)16-21-12-11-20(13-24(21)29)22-14-30-31(2)15-22/h4,6,8,10-15,19,25H,3,5,7,9,16-18H2,1-2H3. The van der Waals surface area contributed by atoms with Gasteiger partial charge in [-0.2, -0.15) is 5.10 Å². The third-order valence-corrected chi connectivity index (χ3v) is 8.27. The molecule has 2 fully saturated rings. The Labute approximate surface area is 200 Å². The summed E-state index contributed by atoms with van der Waals surface area (Å²) in [6.45, 7) is 4.15. The van der Waals surface area contributed by atoms with Crippen LogP contribution in [0.15, 0.2) is 54.9 Å². The van der Waals surface area contributed by atoms with Gasteiger partial charge in [-0.1, -0.05) is 50.1 Å². The van der Waals surface area contributed by atoms with Crippen molar-refractivity contribution in [2.45, 2.75) is 50.6 Å². The highest BCUT2D eigenvalue weighted by molar-refractivity contribution is 6.09. The first-order valence-corrected chi connectivity index (χ1v) is 12.4. The molecule has 6 heteroatoms. The number of carbonyl (C=O) groups excluding carboxylic acids is 1. The number of rotatable bonds is 4. The average Bonchev–Trinajstić information content (AvgIpc) is 3.34. The van der Waals surface area contributed by atoms with Gasteiger partial charge in [-0.25, -0.2) is 4.39 Å². The molecule has 1 aliphatic carbocycles. The van der Waals surface area contributed by atoms with Crippen LogP contribution < -0.4 is 4.90 Å². The van der Waals surface area contributed by atoms with Crippen molar-refractivity contribution in [3.05, 3.63) is 71.8 Å². The third kappa shape index (κ3) is 3.30. The second kappa shape index (κ2) is 8.05. The van der Waals surface area contributed by atoms with Crippen LogP contribution in [0, 0.1) is 11.7 Å². The molecule has 0 N–H and O–H groups in total. The summed E-state index contributed by atoms with van der Waals surface area (Å²) in [6.07, 6.45) is 8.70. The summed E-state index contributed by atoms with van der Waals surface area (Å²) >= 11 is 0. The molecule has 1 spiro atoms. The topological polar surface area (TPSA) is 41.4 Å². The monoisotopic (exact) mass is 458 g/mol. The fraction of sp³-hybridized carbons (Fsp3) is 0.429. The van der Waals surface area contributed by atoms with Gasteiger partial charge < -0.3 is 4.90 Å². The summed E-state index contributed by atoms with van der Waals surface area (Å²) < 4.78 is 16.9. The van der Waals surface area contributed by atoms with Gasteiger partial charge in [0.05, 0.1) is 12.7 Å². The molecule has 0 bridgehead atoms. The van der Waals surface area contributed by atoms with Crippen molar-refractivity contribution in [1.82, 2.24) is 14.7 Å². The lowest BCUT2D eigenvalue weighted by atomic mass is 9.71. The van der Waals surface area contributed by atoms with Gasteiger partial charge >= 0.3 is 0 Å². The Hall–Kier alpha value is -2.99. The third-order valence-electron chi connectivity index (χ3n) is 8.27. The van der Waals surface area contributed by atoms with E-state index < -0.39 is 5.41 Å². The maximum Gasteiger partial charge on any atom is 0.240 e. The molecule has 6 rings (SSSR count). The Bertz CT molecular complexity index is 1240. The van der Waals surface area contributed by atoms with Crippen LogP contribution in [-0.2, 0) is 23.8 Å². The number of aromatic nitrogens is 2. The largest absolute Gasteiger partial charge is 0.307 e. The molecule has 34 heavy (non-hydrogen) atoms. The van der Waals surface area contributed by atoms with Gasteiger partial charge in [0.25, 0.3) is 0 Å². The zero-order valence-corrected chi connectivity index (χ0v) is 19.9. The second-order valence-electron chi connectivity index (χ2n) is 10.4. The minimum atomic E-state index is -0.486.